The number of H-pyrrole nitrogens is 1. The van der Waals surface area contributed by atoms with E-state index >= 15 is 0 Å². The van der Waals surface area contributed by atoms with Gasteiger partial charge >= 0.3 is 5.69 Å². The Kier molecular flexibility index (Phi) is 3.72. The van der Waals surface area contributed by atoms with Gasteiger partial charge in [0.1, 0.15) is 11.6 Å². The normalized spacial score (nSPS) is 11.0. The summed E-state index contributed by atoms with van der Waals surface area (Å²) in [6.07, 6.45) is 0. The third kappa shape index (κ3) is 2.81. The molecule has 130 valence electrons. The average Bonchev–Trinajstić information content (AvgIpc) is 2.99. The molecule has 0 spiro atoms. The standard InChI is InChI=1S/C18H13F2N5O/c1-10-3-2-4-11(7-10)15-9-16-23-24-18(26)25(16)17(22-15)21-14-6-5-12(19)8-13(14)20/h2-9H,1H3,(H,21,22)(H,24,26). The molecule has 0 aliphatic rings. The maximum Gasteiger partial charge on any atom is 0.350 e. The number of anilines is 2. The summed E-state index contributed by atoms with van der Waals surface area (Å²) >= 11 is 0. The Morgan fingerprint density at radius 3 is 2.73 bits per heavy atom. The van der Waals surface area contributed by atoms with Crippen molar-refractivity contribution in [1.82, 2.24) is 19.6 Å². The fraction of sp³-hybridized carbons (Fsp3) is 0.0556. The Labute approximate surface area is 146 Å². The summed E-state index contributed by atoms with van der Waals surface area (Å²) in [4.78, 5) is 16.5. The van der Waals surface area contributed by atoms with Crippen LogP contribution in [0.5, 0.6) is 0 Å². The molecule has 0 amide bonds. The van der Waals surface area contributed by atoms with Gasteiger partial charge in [-0.1, -0.05) is 23.8 Å². The van der Waals surface area contributed by atoms with Gasteiger partial charge in [0.25, 0.3) is 0 Å². The van der Waals surface area contributed by atoms with E-state index in [4.69, 9.17) is 0 Å². The van der Waals surface area contributed by atoms with E-state index in [9.17, 15) is 13.6 Å². The van der Waals surface area contributed by atoms with Crippen molar-refractivity contribution < 1.29 is 8.78 Å². The Bertz CT molecular complexity index is 1180. The number of halogens is 2. The third-order valence-corrected chi connectivity index (χ3v) is 3.89. The summed E-state index contributed by atoms with van der Waals surface area (Å²) in [5.74, 6) is -1.42. The summed E-state index contributed by atoms with van der Waals surface area (Å²) in [5.41, 5.74) is 2.23. The number of rotatable bonds is 3. The van der Waals surface area contributed by atoms with Crippen molar-refractivity contribution in [1.29, 1.82) is 0 Å². The van der Waals surface area contributed by atoms with Crippen LogP contribution in [0, 0.1) is 18.6 Å². The summed E-state index contributed by atoms with van der Waals surface area (Å²) < 4.78 is 28.3. The van der Waals surface area contributed by atoms with Crippen LogP contribution < -0.4 is 11.0 Å². The van der Waals surface area contributed by atoms with Crippen LogP contribution in [-0.2, 0) is 0 Å². The second-order valence-corrected chi connectivity index (χ2v) is 5.81. The topological polar surface area (TPSA) is 75.1 Å². The molecule has 26 heavy (non-hydrogen) atoms. The van der Waals surface area contributed by atoms with Crippen molar-refractivity contribution in [3.05, 3.63) is 76.2 Å². The van der Waals surface area contributed by atoms with Gasteiger partial charge in [0.15, 0.2) is 5.65 Å². The maximum atomic E-state index is 14.0. The lowest BCUT2D eigenvalue weighted by Gasteiger charge is -2.10. The molecular weight excluding hydrogens is 340 g/mol. The summed E-state index contributed by atoms with van der Waals surface area (Å²) in [6.45, 7) is 1.95. The predicted molar refractivity (Wildman–Crippen MR) is 93.4 cm³/mol. The number of hydrogen-bond acceptors (Lipinski definition) is 4. The SMILES string of the molecule is Cc1cccc(-c2cc3n[nH]c(=O)n3c(Nc3ccc(F)cc3F)n2)c1. The molecule has 0 saturated heterocycles. The molecule has 4 aromatic rings. The van der Waals surface area contributed by atoms with Crippen molar-refractivity contribution in [3.63, 3.8) is 0 Å². The molecule has 0 saturated carbocycles. The van der Waals surface area contributed by atoms with Crippen molar-refractivity contribution in [2.75, 3.05) is 5.32 Å². The molecular formula is C18H13F2N5O. The summed E-state index contributed by atoms with van der Waals surface area (Å²) in [6, 6.07) is 12.4. The van der Waals surface area contributed by atoms with Gasteiger partial charge in [-0.3, -0.25) is 0 Å². The van der Waals surface area contributed by atoms with Crippen LogP contribution in [0.1, 0.15) is 5.56 Å². The molecule has 2 heterocycles. The number of hydrogen-bond donors (Lipinski definition) is 2. The summed E-state index contributed by atoms with van der Waals surface area (Å²) in [7, 11) is 0. The van der Waals surface area contributed by atoms with Gasteiger partial charge < -0.3 is 5.32 Å². The molecule has 8 heteroatoms. The molecule has 6 nitrogen and oxygen atoms in total. The van der Waals surface area contributed by atoms with Gasteiger partial charge in [-0.2, -0.15) is 5.10 Å². The van der Waals surface area contributed by atoms with Crippen molar-refractivity contribution in [3.8, 4) is 11.3 Å². The molecule has 2 aromatic carbocycles. The smallest absolute Gasteiger partial charge is 0.323 e. The number of fused-ring (bicyclic) bond motifs is 1. The maximum absolute atomic E-state index is 14.0. The zero-order valence-corrected chi connectivity index (χ0v) is 13.6. The minimum atomic E-state index is -0.794. The quantitative estimate of drug-likeness (QED) is 0.592. The van der Waals surface area contributed by atoms with E-state index in [2.05, 4.69) is 20.5 Å². The molecule has 0 radical (unpaired) electrons. The van der Waals surface area contributed by atoms with Crippen LogP contribution in [0.15, 0.2) is 53.3 Å². The van der Waals surface area contributed by atoms with Gasteiger partial charge in [0.05, 0.1) is 11.4 Å². The molecule has 0 fully saturated rings. The zero-order valence-electron chi connectivity index (χ0n) is 13.6. The van der Waals surface area contributed by atoms with E-state index in [-0.39, 0.29) is 11.6 Å². The lowest BCUT2D eigenvalue weighted by Crippen LogP contribution is -2.15. The molecule has 0 aliphatic carbocycles. The number of nitrogens with zero attached hydrogens (tertiary/aromatic N) is 3. The zero-order chi connectivity index (χ0) is 18.3. The van der Waals surface area contributed by atoms with Crippen LogP contribution in [0.3, 0.4) is 0 Å². The van der Waals surface area contributed by atoms with Crippen molar-refractivity contribution in [2.45, 2.75) is 6.92 Å². The average molecular weight is 353 g/mol. The van der Waals surface area contributed by atoms with E-state index in [1.165, 1.54) is 10.5 Å². The molecule has 4 rings (SSSR count). The van der Waals surface area contributed by atoms with Crippen LogP contribution in [-0.4, -0.2) is 19.6 Å². The van der Waals surface area contributed by atoms with Crippen LogP contribution >= 0.6 is 0 Å². The largest absolute Gasteiger partial charge is 0.350 e. The highest BCUT2D eigenvalue weighted by atomic mass is 19.1. The number of aromatic amines is 1. The minimum Gasteiger partial charge on any atom is -0.323 e. The van der Waals surface area contributed by atoms with E-state index in [1.54, 1.807) is 6.07 Å². The van der Waals surface area contributed by atoms with Crippen LogP contribution in [0.2, 0.25) is 0 Å². The van der Waals surface area contributed by atoms with E-state index in [1.807, 2.05) is 31.2 Å². The molecule has 2 N–H and O–H groups in total. The highest BCUT2D eigenvalue weighted by Gasteiger charge is 2.14. The lowest BCUT2D eigenvalue weighted by atomic mass is 10.1. The summed E-state index contributed by atoms with van der Waals surface area (Å²) in [5, 5.41) is 9.04. The van der Waals surface area contributed by atoms with Gasteiger partial charge in [0, 0.05) is 17.7 Å². The first-order valence-electron chi connectivity index (χ1n) is 7.78. The highest BCUT2D eigenvalue weighted by Crippen LogP contribution is 2.24. The second kappa shape index (κ2) is 6.07. The number of aromatic nitrogens is 4. The molecule has 0 bridgehead atoms. The first-order valence-corrected chi connectivity index (χ1v) is 7.78. The first kappa shape index (κ1) is 15.9. The van der Waals surface area contributed by atoms with Crippen LogP contribution in [0.4, 0.5) is 20.4 Å². The van der Waals surface area contributed by atoms with E-state index < -0.39 is 17.3 Å². The molecule has 2 aromatic heterocycles. The fourth-order valence-corrected chi connectivity index (χ4v) is 2.68. The number of aryl methyl sites for hydroxylation is 1. The molecule has 0 atom stereocenters. The fourth-order valence-electron chi connectivity index (χ4n) is 2.68. The lowest BCUT2D eigenvalue weighted by molar-refractivity contribution is 0.586. The predicted octanol–water partition coefficient (Wildman–Crippen LogP) is 3.41. The van der Waals surface area contributed by atoms with E-state index in [0.717, 1.165) is 23.3 Å². The van der Waals surface area contributed by atoms with Gasteiger partial charge in [0.2, 0.25) is 5.95 Å². The van der Waals surface area contributed by atoms with Crippen molar-refractivity contribution in [2.24, 2.45) is 0 Å². The number of nitrogens with one attached hydrogen (secondary N) is 2. The highest BCUT2D eigenvalue weighted by molar-refractivity contribution is 5.68. The monoisotopic (exact) mass is 353 g/mol. The third-order valence-electron chi connectivity index (χ3n) is 3.89. The molecule has 0 aliphatic heterocycles. The van der Waals surface area contributed by atoms with Gasteiger partial charge in [-0.05, 0) is 25.1 Å². The van der Waals surface area contributed by atoms with Crippen LogP contribution in [0.25, 0.3) is 16.9 Å². The molecule has 0 unspecified atom stereocenters. The Hall–Kier alpha value is -3.55. The van der Waals surface area contributed by atoms with Gasteiger partial charge in [-0.15, -0.1) is 0 Å². The Morgan fingerprint density at radius 2 is 1.96 bits per heavy atom. The Balaban J connectivity index is 1.89. The van der Waals surface area contributed by atoms with E-state index in [0.29, 0.717) is 11.3 Å². The first-order chi connectivity index (χ1) is 12.5. The van der Waals surface area contributed by atoms with Gasteiger partial charge in [-0.25, -0.2) is 28.1 Å². The minimum absolute atomic E-state index is 0.00491. The Morgan fingerprint density at radius 1 is 1.12 bits per heavy atom. The second-order valence-electron chi connectivity index (χ2n) is 5.81. The number of benzene rings is 2. The van der Waals surface area contributed by atoms with Crippen molar-refractivity contribution >= 4 is 17.3 Å².